The van der Waals surface area contributed by atoms with Crippen molar-refractivity contribution in [3.8, 4) is 0 Å². The van der Waals surface area contributed by atoms with Crippen molar-refractivity contribution in [1.82, 2.24) is 4.98 Å². The number of nitrogens with one attached hydrogen (secondary N) is 1. The molecule has 2 aliphatic rings. The van der Waals surface area contributed by atoms with E-state index in [2.05, 4.69) is 24.1 Å². The van der Waals surface area contributed by atoms with E-state index in [9.17, 15) is 4.79 Å². The van der Waals surface area contributed by atoms with E-state index in [0.717, 1.165) is 62.4 Å². The lowest BCUT2D eigenvalue weighted by molar-refractivity contribution is -0.116. The maximum absolute atomic E-state index is 12.4. The van der Waals surface area contributed by atoms with Crippen molar-refractivity contribution in [2.45, 2.75) is 77.5 Å². The summed E-state index contributed by atoms with van der Waals surface area (Å²) in [7, 11) is 0. The number of morpholine rings is 1. The number of pyridine rings is 1. The first-order chi connectivity index (χ1) is 12.9. The maximum Gasteiger partial charge on any atom is 0.224 e. The van der Waals surface area contributed by atoms with Crippen LogP contribution in [0.5, 0.6) is 0 Å². The van der Waals surface area contributed by atoms with Crippen LogP contribution in [0.25, 0.3) is 0 Å². The Morgan fingerprint density at radius 3 is 2.52 bits per heavy atom. The fourth-order valence-corrected chi connectivity index (χ4v) is 4.25. The largest absolute Gasteiger partial charge is 0.372 e. The number of nitrogens with zero attached hydrogens (tertiary/aromatic N) is 2. The van der Waals surface area contributed by atoms with Crippen LogP contribution in [-0.2, 0) is 9.53 Å². The molecule has 6 nitrogen and oxygen atoms in total. The minimum atomic E-state index is 0.0798. The maximum atomic E-state index is 12.4. The molecule has 3 rings (SSSR count). The highest BCUT2D eigenvalue weighted by molar-refractivity contribution is 5.91. The smallest absolute Gasteiger partial charge is 0.224 e. The Morgan fingerprint density at radius 1 is 1.22 bits per heavy atom. The van der Waals surface area contributed by atoms with Crippen LogP contribution in [0.4, 0.5) is 11.5 Å². The van der Waals surface area contributed by atoms with Crippen molar-refractivity contribution in [2.24, 2.45) is 11.7 Å². The summed E-state index contributed by atoms with van der Waals surface area (Å²) in [6.07, 6.45) is 6.41. The lowest BCUT2D eigenvalue weighted by Crippen LogP contribution is -2.45. The second-order valence-corrected chi connectivity index (χ2v) is 8.33. The van der Waals surface area contributed by atoms with Crippen molar-refractivity contribution in [2.75, 3.05) is 23.3 Å². The average Bonchev–Trinajstić information content (AvgIpc) is 2.62. The molecular weight excluding hydrogens is 340 g/mol. The first-order valence-corrected chi connectivity index (χ1v) is 10.3. The second kappa shape index (κ2) is 9.02. The second-order valence-electron chi connectivity index (χ2n) is 8.33. The van der Waals surface area contributed by atoms with Crippen molar-refractivity contribution in [3.63, 3.8) is 0 Å². The molecule has 1 aliphatic heterocycles. The molecule has 1 amide bonds. The number of carbonyl (C=O) groups is 1. The minimum absolute atomic E-state index is 0.0798. The molecule has 2 heterocycles. The van der Waals surface area contributed by atoms with E-state index in [1.54, 1.807) is 0 Å². The predicted molar refractivity (Wildman–Crippen MR) is 109 cm³/mol. The van der Waals surface area contributed by atoms with Crippen molar-refractivity contribution < 1.29 is 9.53 Å². The van der Waals surface area contributed by atoms with Gasteiger partial charge in [-0.15, -0.1) is 0 Å². The Bertz CT molecular complexity index is 633. The first kappa shape index (κ1) is 20.1. The summed E-state index contributed by atoms with van der Waals surface area (Å²) in [4.78, 5) is 19.3. The molecule has 150 valence electrons. The van der Waals surface area contributed by atoms with E-state index in [1.165, 1.54) is 0 Å². The van der Waals surface area contributed by atoms with Crippen LogP contribution in [0.2, 0.25) is 0 Å². The molecular formula is C21H34N4O2. The van der Waals surface area contributed by atoms with E-state index in [1.807, 2.05) is 19.1 Å². The first-order valence-electron chi connectivity index (χ1n) is 10.3. The molecule has 1 aliphatic carbocycles. The molecule has 3 N–H and O–H groups in total. The summed E-state index contributed by atoms with van der Waals surface area (Å²) in [5, 5.41) is 3.04. The molecule has 0 bridgehead atoms. The van der Waals surface area contributed by atoms with Gasteiger partial charge in [-0.05, 0) is 70.9 Å². The number of hydrogen-bond acceptors (Lipinski definition) is 5. The van der Waals surface area contributed by atoms with Crippen LogP contribution in [0.15, 0.2) is 12.1 Å². The summed E-state index contributed by atoms with van der Waals surface area (Å²) < 4.78 is 5.79. The Balaban J connectivity index is 1.52. The summed E-state index contributed by atoms with van der Waals surface area (Å²) in [5.41, 5.74) is 7.62. The van der Waals surface area contributed by atoms with Gasteiger partial charge in [-0.2, -0.15) is 0 Å². The third-order valence-electron chi connectivity index (χ3n) is 5.76. The fraction of sp³-hybridized carbons (Fsp3) is 0.714. The van der Waals surface area contributed by atoms with Crippen LogP contribution in [0.1, 0.15) is 58.1 Å². The van der Waals surface area contributed by atoms with E-state index in [4.69, 9.17) is 15.5 Å². The molecule has 0 radical (unpaired) electrons. The fourth-order valence-electron chi connectivity index (χ4n) is 4.25. The number of carbonyl (C=O) groups excluding carboxylic acids is 1. The monoisotopic (exact) mass is 374 g/mol. The highest BCUT2D eigenvalue weighted by atomic mass is 16.5. The Hall–Kier alpha value is -1.66. The van der Waals surface area contributed by atoms with Crippen LogP contribution in [0.3, 0.4) is 0 Å². The summed E-state index contributed by atoms with van der Waals surface area (Å²) in [6, 6.07) is 4.33. The molecule has 2 unspecified atom stereocenters. The van der Waals surface area contributed by atoms with Crippen LogP contribution in [-0.4, -0.2) is 42.2 Å². The number of nitrogens with two attached hydrogens (primary N) is 1. The Kier molecular flexibility index (Phi) is 6.71. The quantitative estimate of drug-likeness (QED) is 0.827. The van der Waals surface area contributed by atoms with E-state index >= 15 is 0 Å². The molecule has 2 atom stereocenters. The molecule has 1 aromatic heterocycles. The molecule has 2 fully saturated rings. The van der Waals surface area contributed by atoms with Gasteiger partial charge in [-0.1, -0.05) is 0 Å². The minimum Gasteiger partial charge on any atom is -0.372 e. The van der Waals surface area contributed by atoms with Crippen LogP contribution < -0.4 is 16.0 Å². The molecule has 1 saturated carbocycles. The zero-order valence-corrected chi connectivity index (χ0v) is 16.9. The van der Waals surface area contributed by atoms with Gasteiger partial charge in [0.1, 0.15) is 5.82 Å². The molecule has 0 spiro atoms. The zero-order chi connectivity index (χ0) is 19.4. The van der Waals surface area contributed by atoms with Gasteiger partial charge in [0, 0.05) is 25.6 Å². The number of anilines is 2. The standard InChI is InChI=1S/C21H34N4O2/c1-14-12-25(13-15(2)27-14)20-10-9-19(16(3)23-20)24-21(26)11-6-17-4-7-18(22)8-5-17/h9-10,14-15,17-18H,4-8,11-13,22H2,1-3H3,(H,24,26). The van der Waals surface area contributed by atoms with Crippen molar-refractivity contribution in [3.05, 3.63) is 17.8 Å². The highest BCUT2D eigenvalue weighted by Crippen LogP contribution is 2.27. The number of aromatic nitrogens is 1. The SMILES string of the molecule is Cc1nc(N2CC(C)OC(C)C2)ccc1NC(=O)CCC1CCC(N)CC1. The van der Waals surface area contributed by atoms with E-state index in [0.29, 0.717) is 18.4 Å². The topological polar surface area (TPSA) is 80.5 Å². The third-order valence-corrected chi connectivity index (χ3v) is 5.76. The molecule has 27 heavy (non-hydrogen) atoms. The van der Waals surface area contributed by atoms with Gasteiger partial charge in [0.25, 0.3) is 0 Å². The zero-order valence-electron chi connectivity index (χ0n) is 16.9. The lowest BCUT2D eigenvalue weighted by atomic mass is 9.84. The van der Waals surface area contributed by atoms with Gasteiger partial charge >= 0.3 is 0 Å². The number of aryl methyl sites for hydroxylation is 1. The third kappa shape index (κ3) is 5.66. The van der Waals surface area contributed by atoms with Gasteiger partial charge in [0.05, 0.1) is 23.6 Å². The van der Waals surface area contributed by atoms with Gasteiger partial charge in [0.2, 0.25) is 5.91 Å². The summed E-state index contributed by atoms with van der Waals surface area (Å²) in [6.45, 7) is 7.81. The molecule has 1 aromatic rings. The van der Waals surface area contributed by atoms with Crippen LogP contribution in [0, 0.1) is 12.8 Å². The molecule has 6 heteroatoms. The van der Waals surface area contributed by atoms with Crippen LogP contribution >= 0.6 is 0 Å². The molecule has 0 aromatic carbocycles. The van der Waals surface area contributed by atoms with E-state index in [-0.39, 0.29) is 18.1 Å². The van der Waals surface area contributed by atoms with Gasteiger partial charge in [0.15, 0.2) is 0 Å². The van der Waals surface area contributed by atoms with Crippen molar-refractivity contribution >= 4 is 17.4 Å². The Morgan fingerprint density at radius 2 is 1.89 bits per heavy atom. The van der Waals surface area contributed by atoms with Gasteiger partial charge in [-0.3, -0.25) is 4.79 Å². The highest BCUT2D eigenvalue weighted by Gasteiger charge is 2.24. The summed E-state index contributed by atoms with van der Waals surface area (Å²) >= 11 is 0. The number of ether oxygens (including phenoxy) is 1. The van der Waals surface area contributed by atoms with Crippen molar-refractivity contribution in [1.29, 1.82) is 0 Å². The molecule has 1 saturated heterocycles. The lowest BCUT2D eigenvalue weighted by Gasteiger charge is -2.36. The van der Waals surface area contributed by atoms with Gasteiger partial charge < -0.3 is 20.7 Å². The number of amides is 1. The van der Waals surface area contributed by atoms with E-state index < -0.39 is 0 Å². The predicted octanol–water partition coefficient (Wildman–Crippen LogP) is 3.24. The Labute approximate surface area is 162 Å². The number of rotatable bonds is 5. The number of hydrogen-bond donors (Lipinski definition) is 2. The van der Waals surface area contributed by atoms with Gasteiger partial charge in [-0.25, -0.2) is 4.98 Å². The summed E-state index contributed by atoms with van der Waals surface area (Å²) in [5.74, 6) is 1.67. The average molecular weight is 375 g/mol. The normalized spacial score (nSPS) is 28.8.